The Labute approximate surface area is 130 Å². The van der Waals surface area contributed by atoms with Gasteiger partial charge in [-0.1, -0.05) is 18.2 Å². The third-order valence-electron chi connectivity index (χ3n) is 6.45. The molecule has 3 fully saturated rings. The number of rotatable bonds is 3. The maximum absolute atomic E-state index is 3.99. The first-order valence-corrected chi connectivity index (χ1v) is 9.30. The van der Waals surface area contributed by atoms with Crippen LogP contribution < -0.4 is 5.32 Å². The van der Waals surface area contributed by atoms with Crippen molar-refractivity contribution < 1.29 is 0 Å². The normalized spacial score (nSPS) is 37.9. The summed E-state index contributed by atoms with van der Waals surface area (Å²) in [6.07, 6.45) is 4.57. The molecule has 110 valence electrons. The molecule has 2 bridgehead atoms. The van der Waals surface area contributed by atoms with Gasteiger partial charge in [0.05, 0.1) is 0 Å². The average molecular weight is 297 g/mol. The largest absolute Gasteiger partial charge is 0.306 e. The van der Waals surface area contributed by atoms with Crippen molar-refractivity contribution in [2.75, 3.05) is 0 Å². The highest BCUT2D eigenvalue weighted by atomic mass is 32.1. The van der Waals surface area contributed by atoms with Gasteiger partial charge in [-0.2, -0.15) is 0 Å². The van der Waals surface area contributed by atoms with Crippen molar-refractivity contribution in [1.29, 1.82) is 0 Å². The maximum atomic E-state index is 3.99. The third-order valence-corrected chi connectivity index (χ3v) is 7.91. The van der Waals surface area contributed by atoms with E-state index in [2.05, 4.69) is 43.4 Å². The van der Waals surface area contributed by atoms with Crippen molar-refractivity contribution in [2.45, 2.75) is 45.2 Å². The molecule has 1 aromatic heterocycles. The van der Waals surface area contributed by atoms with Gasteiger partial charge in [-0.3, -0.25) is 0 Å². The van der Waals surface area contributed by atoms with E-state index in [1.165, 1.54) is 28.5 Å². The van der Waals surface area contributed by atoms with Gasteiger partial charge in [-0.05, 0) is 73.8 Å². The number of benzene rings is 1. The molecule has 5 rings (SSSR count). The average Bonchev–Trinajstić information content (AvgIpc) is 2.84. The molecule has 1 aromatic carbocycles. The number of nitrogens with one attached hydrogen (secondary N) is 1. The summed E-state index contributed by atoms with van der Waals surface area (Å²) in [5, 5.41) is 5.43. The molecule has 2 aromatic rings. The maximum Gasteiger partial charge on any atom is 0.0391 e. The topological polar surface area (TPSA) is 12.0 Å². The van der Waals surface area contributed by atoms with Crippen LogP contribution in [0.4, 0.5) is 0 Å². The fraction of sp³-hybridized carbons (Fsp3) is 0.579. The second-order valence-electron chi connectivity index (χ2n) is 7.49. The van der Waals surface area contributed by atoms with Crippen LogP contribution in [0.3, 0.4) is 0 Å². The molecule has 0 spiro atoms. The smallest absolute Gasteiger partial charge is 0.0391 e. The molecule has 0 radical (unpaired) electrons. The molecule has 1 heterocycles. The predicted octanol–water partition coefficient (Wildman–Crippen LogP) is 4.90. The Morgan fingerprint density at radius 3 is 2.57 bits per heavy atom. The Hall–Kier alpha value is -0.860. The van der Waals surface area contributed by atoms with Crippen LogP contribution in [0, 0.1) is 30.6 Å². The van der Waals surface area contributed by atoms with Gasteiger partial charge in [-0.15, -0.1) is 11.3 Å². The van der Waals surface area contributed by atoms with Gasteiger partial charge >= 0.3 is 0 Å². The van der Waals surface area contributed by atoms with Crippen molar-refractivity contribution >= 4 is 21.4 Å². The van der Waals surface area contributed by atoms with E-state index in [9.17, 15) is 0 Å². The van der Waals surface area contributed by atoms with Crippen LogP contribution in [0.15, 0.2) is 24.3 Å². The van der Waals surface area contributed by atoms with Crippen molar-refractivity contribution in [2.24, 2.45) is 23.7 Å². The van der Waals surface area contributed by atoms with Gasteiger partial charge in [0.2, 0.25) is 0 Å². The summed E-state index contributed by atoms with van der Waals surface area (Å²) in [5.74, 6) is 4.18. The highest BCUT2D eigenvalue weighted by Gasteiger charge is 2.64. The number of hydrogen-bond acceptors (Lipinski definition) is 2. The van der Waals surface area contributed by atoms with E-state index in [0.717, 1.165) is 29.7 Å². The lowest BCUT2D eigenvalue weighted by atomic mass is 10.0. The Morgan fingerprint density at radius 2 is 1.86 bits per heavy atom. The fourth-order valence-corrected chi connectivity index (χ4v) is 6.74. The summed E-state index contributed by atoms with van der Waals surface area (Å²) in [6.45, 7) is 4.66. The second kappa shape index (κ2) is 4.33. The van der Waals surface area contributed by atoms with Crippen LogP contribution in [-0.2, 0) is 0 Å². The first kappa shape index (κ1) is 12.7. The summed E-state index contributed by atoms with van der Waals surface area (Å²) < 4.78 is 1.44. The van der Waals surface area contributed by atoms with E-state index < -0.39 is 0 Å². The molecule has 2 heteroatoms. The van der Waals surface area contributed by atoms with Crippen LogP contribution in [0.5, 0.6) is 0 Å². The van der Waals surface area contributed by atoms with E-state index in [0.29, 0.717) is 6.04 Å². The summed E-state index contributed by atoms with van der Waals surface area (Å²) in [4.78, 5) is 1.55. The summed E-state index contributed by atoms with van der Waals surface area (Å²) >= 11 is 1.98. The molecule has 0 saturated heterocycles. The molecule has 5 unspecified atom stereocenters. The molecule has 1 nitrogen and oxygen atoms in total. The van der Waals surface area contributed by atoms with Gasteiger partial charge in [0, 0.05) is 21.7 Å². The van der Waals surface area contributed by atoms with Crippen molar-refractivity contribution in [3.8, 4) is 0 Å². The zero-order valence-electron chi connectivity index (χ0n) is 12.8. The van der Waals surface area contributed by atoms with Crippen LogP contribution in [-0.4, -0.2) is 6.04 Å². The van der Waals surface area contributed by atoms with Crippen molar-refractivity contribution in [1.82, 2.24) is 5.32 Å². The standard InChI is InChI=1S/C19H23NS/c1-10-14-5-3-4-6-15(14)21-19(10)11(2)20-18-16-12-7-8-13(9-12)17(16)18/h3-6,11-13,16-18,20H,7-9H2,1-2H3. The Bertz CT molecular complexity index is 687. The molecule has 0 aliphatic heterocycles. The molecular formula is C19H23NS. The number of aryl methyl sites for hydroxylation is 1. The Balaban J connectivity index is 1.39. The number of thiophene rings is 1. The molecule has 1 N–H and O–H groups in total. The molecular weight excluding hydrogens is 274 g/mol. The minimum Gasteiger partial charge on any atom is -0.306 e. The first-order chi connectivity index (χ1) is 10.2. The lowest BCUT2D eigenvalue weighted by molar-refractivity contribution is 0.435. The third kappa shape index (κ3) is 1.72. The van der Waals surface area contributed by atoms with Gasteiger partial charge in [0.15, 0.2) is 0 Å². The Morgan fingerprint density at radius 1 is 1.14 bits per heavy atom. The van der Waals surface area contributed by atoms with Crippen LogP contribution in [0.2, 0.25) is 0 Å². The molecule has 3 aliphatic rings. The highest BCUT2D eigenvalue weighted by Crippen LogP contribution is 2.66. The minimum atomic E-state index is 0.511. The molecule has 0 amide bonds. The number of fused-ring (bicyclic) bond motifs is 6. The SMILES string of the molecule is Cc1c(C(C)NC2C3C4CCC(C4)C23)sc2ccccc12. The zero-order valence-corrected chi connectivity index (χ0v) is 13.6. The van der Waals surface area contributed by atoms with Crippen LogP contribution in [0.1, 0.15) is 42.7 Å². The lowest BCUT2D eigenvalue weighted by Crippen LogP contribution is -2.26. The van der Waals surface area contributed by atoms with E-state index >= 15 is 0 Å². The van der Waals surface area contributed by atoms with Crippen molar-refractivity contribution in [3.05, 3.63) is 34.7 Å². The van der Waals surface area contributed by atoms with Gasteiger partial charge in [0.1, 0.15) is 0 Å². The van der Waals surface area contributed by atoms with E-state index in [1.807, 2.05) is 11.3 Å². The van der Waals surface area contributed by atoms with Crippen molar-refractivity contribution in [3.63, 3.8) is 0 Å². The van der Waals surface area contributed by atoms with Crippen LogP contribution >= 0.6 is 11.3 Å². The highest BCUT2D eigenvalue weighted by molar-refractivity contribution is 7.19. The van der Waals surface area contributed by atoms with Gasteiger partial charge in [0.25, 0.3) is 0 Å². The first-order valence-electron chi connectivity index (χ1n) is 8.48. The Kier molecular flexibility index (Phi) is 2.61. The number of hydrogen-bond donors (Lipinski definition) is 1. The second-order valence-corrected chi connectivity index (χ2v) is 8.57. The predicted molar refractivity (Wildman–Crippen MR) is 89.7 cm³/mol. The van der Waals surface area contributed by atoms with E-state index in [4.69, 9.17) is 0 Å². The van der Waals surface area contributed by atoms with E-state index in [1.54, 1.807) is 11.3 Å². The summed E-state index contributed by atoms with van der Waals surface area (Å²) in [6, 6.07) is 10.2. The monoisotopic (exact) mass is 297 g/mol. The minimum absolute atomic E-state index is 0.511. The van der Waals surface area contributed by atoms with E-state index in [-0.39, 0.29) is 0 Å². The molecule has 21 heavy (non-hydrogen) atoms. The zero-order chi connectivity index (χ0) is 14.1. The molecule has 3 saturated carbocycles. The molecule has 3 aliphatic carbocycles. The summed E-state index contributed by atoms with van der Waals surface area (Å²) in [7, 11) is 0. The molecule has 5 atom stereocenters. The fourth-order valence-electron chi connectivity index (χ4n) is 5.52. The lowest BCUT2D eigenvalue weighted by Gasteiger charge is -2.17. The van der Waals surface area contributed by atoms with Gasteiger partial charge in [-0.25, -0.2) is 0 Å². The quantitative estimate of drug-likeness (QED) is 0.849. The van der Waals surface area contributed by atoms with Crippen LogP contribution in [0.25, 0.3) is 10.1 Å². The summed E-state index contributed by atoms with van der Waals surface area (Å²) in [5.41, 5.74) is 1.49. The van der Waals surface area contributed by atoms with Gasteiger partial charge < -0.3 is 5.32 Å².